The third-order valence-electron chi connectivity index (χ3n) is 3.35. The highest BCUT2D eigenvalue weighted by Crippen LogP contribution is 2.23. The van der Waals surface area contributed by atoms with E-state index in [4.69, 9.17) is 28.6 Å². The maximum atomic E-state index is 12.4. The Balaban J connectivity index is 2.18. The molecule has 25 heavy (non-hydrogen) atoms. The van der Waals surface area contributed by atoms with Crippen molar-refractivity contribution >= 4 is 46.5 Å². The van der Waals surface area contributed by atoms with Gasteiger partial charge < -0.3 is 15.2 Å². The van der Waals surface area contributed by atoms with E-state index in [9.17, 15) is 14.7 Å². The summed E-state index contributed by atoms with van der Waals surface area (Å²) in [6, 6.07) is 9.43. The lowest BCUT2D eigenvalue weighted by molar-refractivity contribution is 0.0697. The van der Waals surface area contributed by atoms with Gasteiger partial charge in [-0.15, -0.1) is 0 Å². The van der Waals surface area contributed by atoms with Gasteiger partial charge in [-0.2, -0.15) is 0 Å². The van der Waals surface area contributed by atoms with Crippen LogP contribution in [0, 0.1) is 6.92 Å². The van der Waals surface area contributed by atoms with Gasteiger partial charge in [0.05, 0.1) is 23.9 Å². The third-order valence-corrected chi connectivity index (χ3v) is 3.79. The number of carboxylic acid groups (broad SMARTS) is 1. The summed E-state index contributed by atoms with van der Waals surface area (Å²) in [5, 5.41) is 14.6. The third kappa shape index (κ3) is 4.46. The zero-order chi connectivity index (χ0) is 18.6. The molecule has 0 aliphatic carbocycles. The van der Waals surface area contributed by atoms with Crippen molar-refractivity contribution in [3.63, 3.8) is 0 Å². The molecule has 2 aromatic carbocycles. The van der Waals surface area contributed by atoms with Crippen molar-refractivity contribution in [2.45, 2.75) is 6.92 Å². The topological polar surface area (TPSA) is 87.7 Å². The number of halogens is 1. The number of aromatic carboxylic acids is 1. The van der Waals surface area contributed by atoms with E-state index in [0.29, 0.717) is 11.3 Å². The summed E-state index contributed by atoms with van der Waals surface area (Å²) in [4.78, 5) is 23.7. The first-order chi connectivity index (χ1) is 11.8. The fourth-order valence-corrected chi connectivity index (χ4v) is 2.60. The van der Waals surface area contributed by atoms with Crippen LogP contribution >= 0.6 is 23.8 Å². The number of benzene rings is 2. The van der Waals surface area contributed by atoms with Gasteiger partial charge in [-0.25, -0.2) is 4.79 Å². The molecule has 0 bridgehead atoms. The molecule has 0 radical (unpaired) electrons. The fourth-order valence-electron chi connectivity index (χ4n) is 2.23. The molecular formula is C17H15ClN2O4S. The number of amides is 1. The number of rotatable bonds is 4. The van der Waals surface area contributed by atoms with Gasteiger partial charge in [0.15, 0.2) is 5.11 Å². The lowest BCUT2D eigenvalue weighted by Crippen LogP contribution is -2.34. The summed E-state index contributed by atoms with van der Waals surface area (Å²) in [7, 11) is 1.47. The van der Waals surface area contributed by atoms with Crippen molar-refractivity contribution in [2.75, 3.05) is 12.4 Å². The number of carbonyl (C=O) groups excluding carboxylic acids is 1. The SMILES string of the molecule is COc1c(C)cccc1C(=O)NC(=S)Nc1ccc(Cl)cc1C(=O)O. The van der Waals surface area contributed by atoms with E-state index in [-0.39, 0.29) is 21.4 Å². The molecule has 2 aromatic rings. The van der Waals surface area contributed by atoms with Crippen LogP contribution in [-0.2, 0) is 0 Å². The zero-order valence-corrected chi connectivity index (χ0v) is 15.0. The second-order valence-electron chi connectivity index (χ2n) is 5.06. The smallest absolute Gasteiger partial charge is 0.337 e. The average molecular weight is 379 g/mol. The molecule has 0 heterocycles. The summed E-state index contributed by atoms with van der Waals surface area (Å²) >= 11 is 10.9. The standard InChI is InChI=1S/C17H15ClN2O4S/c1-9-4-3-5-11(14(9)24-2)15(21)20-17(25)19-13-7-6-10(18)8-12(13)16(22)23/h3-8H,1-2H3,(H,22,23)(H2,19,20,21,25). The van der Waals surface area contributed by atoms with Crippen LogP contribution in [-0.4, -0.2) is 29.2 Å². The van der Waals surface area contributed by atoms with Crippen LogP contribution in [0.5, 0.6) is 5.75 Å². The van der Waals surface area contributed by atoms with Gasteiger partial charge >= 0.3 is 5.97 Å². The molecule has 3 N–H and O–H groups in total. The lowest BCUT2D eigenvalue weighted by atomic mass is 10.1. The van der Waals surface area contributed by atoms with Crippen LogP contribution < -0.4 is 15.4 Å². The summed E-state index contributed by atoms with van der Waals surface area (Å²) in [6.07, 6.45) is 0. The molecule has 0 aliphatic rings. The Morgan fingerprint density at radius 1 is 1.20 bits per heavy atom. The Morgan fingerprint density at radius 2 is 1.92 bits per heavy atom. The van der Waals surface area contributed by atoms with E-state index >= 15 is 0 Å². The quantitative estimate of drug-likeness (QED) is 0.706. The van der Waals surface area contributed by atoms with Gasteiger partial charge in [0.25, 0.3) is 5.91 Å². The summed E-state index contributed by atoms with van der Waals surface area (Å²) in [5.41, 5.74) is 1.29. The number of hydrogen-bond donors (Lipinski definition) is 3. The number of methoxy groups -OCH3 is 1. The molecule has 2 rings (SSSR count). The number of nitrogens with one attached hydrogen (secondary N) is 2. The number of carbonyl (C=O) groups is 2. The molecule has 130 valence electrons. The van der Waals surface area contributed by atoms with Crippen molar-refractivity contribution < 1.29 is 19.4 Å². The highest BCUT2D eigenvalue weighted by molar-refractivity contribution is 7.80. The van der Waals surface area contributed by atoms with Crippen LogP contribution in [0.2, 0.25) is 5.02 Å². The minimum Gasteiger partial charge on any atom is -0.496 e. The van der Waals surface area contributed by atoms with Gasteiger partial charge in [-0.3, -0.25) is 10.1 Å². The van der Waals surface area contributed by atoms with Crippen molar-refractivity contribution in [1.29, 1.82) is 0 Å². The van der Waals surface area contributed by atoms with Crippen molar-refractivity contribution in [1.82, 2.24) is 5.32 Å². The molecule has 0 aromatic heterocycles. The van der Waals surface area contributed by atoms with Crippen molar-refractivity contribution in [3.8, 4) is 5.75 Å². The minimum absolute atomic E-state index is 0.0432. The first kappa shape index (κ1) is 18.7. The Morgan fingerprint density at radius 3 is 2.56 bits per heavy atom. The molecule has 0 atom stereocenters. The number of carboxylic acids is 1. The van der Waals surface area contributed by atoms with Crippen LogP contribution in [0.3, 0.4) is 0 Å². The van der Waals surface area contributed by atoms with E-state index in [0.717, 1.165) is 5.56 Å². The summed E-state index contributed by atoms with van der Waals surface area (Å²) in [6.45, 7) is 1.82. The highest BCUT2D eigenvalue weighted by Gasteiger charge is 2.17. The molecule has 0 spiro atoms. The zero-order valence-electron chi connectivity index (χ0n) is 13.4. The van der Waals surface area contributed by atoms with Gasteiger partial charge in [-0.05, 0) is 49.0 Å². The molecule has 8 heteroatoms. The maximum Gasteiger partial charge on any atom is 0.337 e. The fraction of sp³-hybridized carbons (Fsp3) is 0.118. The lowest BCUT2D eigenvalue weighted by Gasteiger charge is -2.14. The molecular weight excluding hydrogens is 364 g/mol. The molecule has 6 nitrogen and oxygen atoms in total. The Bertz CT molecular complexity index is 855. The number of para-hydroxylation sites is 1. The van der Waals surface area contributed by atoms with Gasteiger partial charge in [-0.1, -0.05) is 23.7 Å². The number of aryl methyl sites for hydroxylation is 1. The van der Waals surface area contributed by atoms with Crippen LogP contribution in [0.4, 0.5) is 5.69 Å². The summed E-state index contributed by atoms with van der Waals surface area (Å²) in [5.74, 6) is -1.19. The van der Waals surface area contributed by atoms with E-state index < -0.39 is 11.9 Å². The number of ether oxygens (including phenoxy) is 1. The predicted octanol–water partition coefficient (Wildman–Crippen LogP) is 3.48. The number of hydrogen-bond acceptors (Lipinski definition) is 4. The second-order valence-corrected chi connectivity index (χ2v) is 5.90. The molecule has 0 unspecified atom stereocenters. The molecule has 0 saturated carbocycles. The number of anilines is 1. The average Bonchev–Trinajstić information content (AvgIpc) is 2.55. The summed E-state index contributed by atoms with van der Waals surface area (Å²) < 4.78 is 5.24. The van der Waals surface area contributed by atoms with Gasteiger partial charge in [0, 0.05) is 5.02 Å². The number of thiocarbonyl (C=S) groups is 1. The van der Waals surface area contributed by atoms with Gasteiger partial charge in [0.1, 0.15) is 5.75 Å². The van der Waals surface area contributed by atoms with Crippen LogP contribution in [0.15, 0.2) is 36.4 Å². The molecule has 1 amide bonds. The maximum absolute atomic E-state index is 12.4. The van der Waals surface area contributed by atoms with E-state index in [1.807, 2.05) is 13.0 Å². The molecule has 0 fully saturated rings. The largest absolute Gasteiger partial charge is 0.496 e. The van der Waals surface area contributed by atoms with Crippen molar-refractivity contribution in [3.05, 3.63) is 58.1 Å². The normalized spacial score (nSPS) is 10.0. The van der Waals surface area contributed by atoms with Crippen LogP contribution in [0.25, 0.3) is 0 Å². The van der Waals surface area contributed by atoms with E-state index in [1.54, 1.807) is 12.1 Å². The monoisotopic (exact) mass is 378 g/mol. The van der Waals surface area contributed by atoms with Crippen LogP contribution in [0.1, 0.15) is 26.3 Å². The highest BCUT2D eigenvalue weighted by atomic mass is 35.5. The minimum atomic E-state index is -1.17. The first-order valence-corrected chi connectivity index (χ1v) is 7.91. The molecule has 0 aliphatic heterocycles. The van der Waals surface area contributed by atoms with Gasteiger partial charge in [0.2, 0.25) is 0 Å². The Labute approximate surface area is 154 Å². The van der Waals surface area contributed by atoms with E-state index in [2.05, 4.69) is 10.6 Å². The van der Waals surface area contributed by atoms with Crippen molar-refractivity contribution in [2.24, 2.45) is 0 Å². The first-order valence-electron chi connectivity index (χ1n) is 7.12. The molecule has 0 saturated heterocycles. The second kappa shape index (κ2) is 7.96. The predicted molar refractivity (Wildman–Crippen MR) is 99.8 cm³/mol. The van der Waals surface area contributed by atoms with E-state index in [1.165, 1.54) is 25.3 Å². The Hall–Kier alpha value is -2.64. The Kier molecular flexibility index (Phi) is 5.95.